The minimum atomic E-state index is 0.364. The van der Waals surface area contributed by atoms with Gasteiger partial charge in [-0.1, -0.05) is 64.0 Å². The summed E-state index contributed by atoms with van der Waals surface area (Å²) in [4.78, 5) is 0. The van der Waals surface area contributed by atoms with Crippen LogP contribution in [-0.4, -0.2) is 11.7 Å². The van der Waals surface area contributed by atoms with E-state index in [1.807, 2.05) is 0 Å². The molecule has 0 spiro atoms. The van der Waals surface area contributed by atoms with Crippen LogP contribution in [0, 0.1) is 0 Å². The van der Waals surface area contributed by atoms with Crippen LogP contribution in [0.2, 0.25) is 0 Å². The molecular weight excluding hydrogens is 208 g/mol. The van der Waals surface area contributed by atoms with Crippen LogP contribution in [0.4, 0.5) is 0 Å². The SMILES string of the molecule is CCCCC/C=C/CCCCCCCCCO. The number of rotatable bonds is 13. The van der Waals surface area contributed by atoms with Gasteiger partial charge in [-0.2, -0.15) is 0 Å². The predicted octanol–water partition coefficient (Wildman–Crippen LogP) is 5.24. The van der Waals surface area contributed by atoms with Crippen molar-refractivity contribution in [2.75, 3.05) is 6.61 Å². The Balaban J connectivity index is 2.97. The van der Waals surface area contributed by atoms with E-state index in [-0.39, 0.29) is 0 Å². The molecule has 1 heteroatoms. The Morgan fingerprint density at radius 2 is 1.12 bits per heavy atom. The minimum absolute atomic E-state index is 0.364. The lowest BCUT2D eigenvalue weighted by Crippen LogP contribution is -1.83. The van der Waals surface area contributed by atoms with Crippen molar-refractivity contribution in [1.82, 2.24) is 0 Å². The summed E-state index contributed by atoms with van der Waals surface area (Å²) in [6.07, 6.45) is 20.2. The Bertz CT molecular complexity index is 152. The van der Waals surface area contributed by atoms with E-state index in [2.05, 4.69) is 19.1 Å². The van der Waals surface area contributed by atoms with Crippen LogP contribution in [0.1, 0.15) is 84.0 Å². The molecule has 0 fully saturated rings. The van der Waals surface area contributed by atoms with Crippen LogP contribution in [0.25, 0.3) is 0 Å². The van der Waals surface area contributed by atoms with E-state index >= 15 is 0 Å². The largest absolute Gasteiger partial charge is 0.396 e. The smallest absolute Gasteiger partial charge is 0.0431 e. The molecule has 1 N–H and O–H groups in total. The molecule has 1 nitrogen and oxygen atoms in total. The van der Waals surface area contributed by atoms with E-state index < -0.39 is 0 Å². The van der Waals surface area contributed by atoms with Gasteiger partial charge in [0.1, 0.15) is 0 Å². The van der Waals surface area contributed by atoms with Gasteiger partial charge in [-0.3, -0.25) is 0 Å². The summed E-state index contributed by atoms with van der Waals surface area (Å²) in [5.41, 5.74) is 0. The van der Waals surface area contributed by atoms with Gasteiger partial charge in [-0.15, -0.1) is 0 Å². The van der Waals surface area contributed by atoms with Crippen molar-refractivity contribution < 1.29 is 5.11 Å². The number of hydrogen-bond donors (Lipinski definition) is 1. The van der Waals surface area contributed by atoms with Crippen LogP contribution >= 0.6 is 0 Å². The molecule has 0 atom stereocenters. The zero-order valence-electron chi connectivity index (χ0n) is 11.8. The number of unbranched alkanes of at least 4 members (excludes halogenated alkanes) is 10. The van der Waals surface area contributed by atoms with Gasteiger partial charge < -0.3 is 5.11 Å². The molecule has 0 aliphatic carbocycles. The molecule has 0 radical (unpaired) electrons. The summed E-state index contributed by atoms with van der Waals surface area (Å²) in [7, 11) is 0. The van der Waals surface area contributed by atoms with E-state index in [0.29, 0.717) is 6.61 Å². The number of allylic oxidation sites excluding steroid dienone is 2. The van der Waals surface area contributed by atoms with Crippen molar-refractivity contribution in [3.63, 3.8) is 0 Å². The zero-order valence-corrected chi connectivity index (χ0v) is 11.8. The van der Waals surface area contributed by atoms with Gasteiger partial charge in [0, 0.05) is 6.61 Å². The van der Waals surface area contributed by atoms with Gasteiger partial charge in [-0.05, 0) is 32.1 Å². The van der Waals surface area contributed by atoms with E-state index in [1.165, 1.54) is 70.6 Å². The molecule has 0 saturated carbocycles. The van der Waals surface area contributed by atoms with Crippen molar-refractivity contribution in [3.8, 4) is 0 Å². The fraction of sp³-hybridized carbons (Fsp3) is 0.875. The van der Waals surface area contributed by atoms with Gasteiger partial charge >= 0.3 is 0 Å². The highest BCUT2D eigenvalue weighted by molar-refractivity contribution is 4.81. The van der Waals surface area contributed by atoms with Crippen LogP contribution in [0.3, 0.4) is 0 Å². The lowest BCUT2D eigenvalue weighted by atomic mass is 10.1. The van der Waals surface area contributed by atoms with E-state index in [4.69, 9.17) is 5.11 Å². The van der Waals surface area contributed by atoms with Crippen LogP contribution in [0.15, 0.2) is 12.2 Å². The number of hydrogen-bond acceptors (Lipinski definition) is 1. The summed E-state index contributed by atoms with van der Waals surface area (Å²) in [6, 6.07) is 0. The third-order valence-electron chi connectivity index (χ3n) is 3.17. The monoisotopic (exact) mass is 240 g/mol. The van der Waals surface area contributed by atoms with Gasteiger partial charge in [0.25, 0.3) is 0 Å². The summed E-state index contributed by atoms with van der Waals surface area (Å²) < 4.78 is 0. The van der Waals surface area contributed by atoms with Gasteiger partial charge in [0.05, 0.1) is 0 Å². The lowest BCUT2D eigenvalue weighted by molar-refractivity contribution is 0.282. The molecule has 0 aliphatic rings. The molecule has 0 aromatic rings. The van der Waals surface area contributed by atoms with Crippen LogP contribution in [0.5, 0.6) is 0 Å². The first kappa shape index (κ1) is 16.7. The van der Waals surface area contributed by atoms with E-state index in [1.54, 1.807) is 0 Å². The molecule has 0 unspecified atom stereocenters. The van der Waals surface area contributed by atoms with Crippen molar-refractivity contribution in [2.45, 2.75) is 84.0 Å². The fourth-order valence-electron chi connectivity index (χ4n) is 2.01. The second-order valence-corrected chi connectivity index (χ2v) is 4.95. The Kier molecular flexibility index (Phi) is 15.4. The minimum Gasteiger partial charge on any atom is -0.396 e. The molecular formula is C16H32O. The highest BCUT2D eigenvalue weighted by atomic mass is 16.2. The fourth-order valence-corrected chi connectivity index (χ4v) is 2.01. The van der Waals surface area contributed by atoms with Crippen molar-refractivity contribution in [3.05, 3.63) is 12.2 Å². The molecule has 0 rings (SSSR count). The maximum absolute atomic E-state index is 8.64. The Labute approximate surface area is 108 Å². The highest BCUT2D eigenvalue weighted by Crippen LogP contribution is 2.09. The van der Waals surface area contributed by atoms with Crippen LogP contribution in [-0.2, 0) is 0 Å². The maximum Gasteiger partial charge on any atom is 0.0431 e. The highest BCUT2D eigenvalue weighted by Gasteiger charge is 1.90. The van der Waals surface area contributed by atoms with Gasteiger partial charge in [0.15, 0.2) is 0 Å². The Morgan fingerprint density at radius 3 is 1.65 bits per heavy atom. The van der Waals surface area contributed by atoms with Crippen molar-refractivity contribution >= 4 is 0 Å². The summed E-state index contributed by atoms with van der Waals surface area (Å²) in [5, 5.41) is 8.64. The van der Waals surface area contributed by atoms with E-state index in [0.717, 1.165) is 6.42 Å². The molecule has 0 bridgehead atoms. The second kappa shape index (κ2) is 15.7. The van der Waals surface area contributed by atoms with Gasteiger partial charge in [0.2, 0.25) is 0 Å². The first-order chi connectivity index (χ1) is 8.41. The predicted molar refractivity (Wildman–Crippen MR) is 77.3 cm³/mol. The Hall–Kier alpha value is -0.300. The molecule has 0 amide bonds. The first-order valence-electron chi connectivity index (χ1n) is 7.67. The molecule has 17 heavy (non-hydrogen) atoms. The van der Waals surface area contributed by atoms with Crippen molar-refractivity contribution in [2.24, 2.45) is 0 Å². The average Bonchev–Trinajstić information content (AvgIpc) is 2.35. The maximum atomic E-state index is 8.64. The van der Waals surface area contributed by atoms with Crippen molar-refractivity contribution in [1.29, 1.82) is 0 Å². The molecule has 0 aliphatic heterocycles. The van der Waals surface area contributed by atoms with Crippen LogP contribution < -0.4 is 0 Å². The van der Waals surface area contributed by atoms with Gasteiger partial charge in [-0.25, -0.2) is 0 Å². The summed E-state index contributed by atoms with van der Waals surface area (Å²) in [6.45, 7) is 2.62. The standard InChI is InChI=1S/C16H32O/c1-2-3-4-5-6-7-8-9-10-11-12-13-14-15-16-17/h6-7,17H,2-5,8-16H2,1H3/b7-6+. The number of aliphatic hydroxyl groups excluding tert-OH is 1. The molecule has 0 aromatic heterocycles. The first-order valence-corrected chi connectivity index (χ1v) is 7.67. The number of aliphatic hydroxyl groups is 1. The zero-order chi connectivity index (χ0) is 12.6. The quantitative estimate of drug-likeness (QED) is 0.345. The second-order valence-electron chi connectivity index (χ2n) is 4.95. The van der Waals surface area contributed by atoms with E-state index in [9.17, 15) is 0 Å². The summed E-state index contributed by atoms with van der Waals surface area (Å²) in [5.74, 6) is 0. The molecule has 0 aromatic carbocycles. The molecule has 0 saturated heterocycles. The summed E-state index contributed by atoms with van der Waals surface area (Å²) >= 11 is 0. The molecule has 0 heterocycles. The Morgan fingerprint density at radius 1 is 0.647 bits per heavy atom. The average molecular weight is 240 g/mol. The topological polar surface area (TPSA) is 20.2 Å². The normalized spacial score (nSPS) is 11.4. The third-order valence-corrected chi connectivity index (χ3v) is 3.17. The third kappa shape index (κ3) is 15.7. The molecule has 102 valence electrons. The lowest BCUT2D eigenvalue weighted by Gasteiger charge is -1.99.